The maximum atomic E-state index is 14.2. The predicted molar refractivity (Wildman–Crippen MR) is 72.5 cm³/mol. The molecule has 1 aromatic carbocycles. The van der Waals surface area contributed by atoms with Crippen LogP contribution in [0.25, 0.3) is 0 Å². The van der Waals surface area contributed by atoms with Crippen molar-refractivity contribution in [2.45, 2.75) is 18.9 Å². The third kappa shape index (κ3) is 2.31. The molecule has 0 aliphatic carbocycles. The summed E-state index contributed by atoms with van der Waals surface area (Å²) in [7, 11) is 0. The first kappa shape index (κ1) is 13.2. The molecule has 108 valence electrons. The molecule has 2 heterocycles. The number of cyclic esters (lactones) is 1. The van der Waals surface area contributed by atoms with Gasteiger partial charge in [-0.15, -0.1) is 0 Å². The Balaban J connectivity index is 1.81. The molecule has 0 unspecified atom stereocenters. The first-order valence-corrected chi connectivity index (χ1v) is 6.82. The van der Waals surface area contributed by atoms with Crippen LogP contribution in [-0.4, -0.2) is 43.5 Å². The van der Waals surface area contributed by atoms with Crippen LogP contribution in [0.15, 0.2) is 18.2 Å². The van der Waals surface area contributed by atoms with Crippen molar-refractivity contribution in [3.63, 3.8) is 0 Å². The molecule has 0 saturated carbocycles. The van der Waals surface area contributed by atoms with Crippen molar-refractivity contribution >= 4 is 17.5 Å². The Labute approximate surface area is 116 Å². The van der Waals surface area contributed by atoms with Crippen molar-refractivity contribution in [3.05, 3.63) is 24.0 Å². The highest BCUT2D eigenvalue weighted by Crippen LogP contribution is 2.29. The smallest absolute Gasteiger partial charge is 0.414 e. The number of aliphatic hydroxyl groups excluding tert-OH is 1. The number of amides is 1. The van der Waals surface area contributed by atoms with Crippen molar-refractivity contribution in [1.82, 2.24) is 0 Å². The van der Waals surface area contributed by atoms with Gasteiger partial charge in [-0.2, -0.15) is 0 Å². The van der Waals surface area contributed by atoms with Gasteiger partial charge in [0.15, 0.2) is 0 Å². The molecule has 2 saturated heterocycles. The van der Waals surface area contributed by atoms with Gasteiger partial charge in [-0.05, 0) is 31.0 Å². The Morgan fingerprint density at radius 2 is 2.10 bits per heavy atom. The minimum atomic E-state index is -0.544. The fraction of sp³-hybridized carbons (Fsp3) is 0.500. The minimum absolute atomic E-state index is 0.226. The normalized spacial score (nSPS) is 22.5. The lowest BCUT2D eigenvalue weighted by molar-refractivity contribution is 0.0963. The molecule has 0 spiro atoms. The zero-order valence-electron chi connectivity index (χ0n) is 11.1. The molecule has 0 bridgehead atoms. The van der Waals surface area contributed by atoms with Gasteiger partial charge in [-0.3, -0.25) is 4.90 Å². The maximum Gasteiger partial charge on any atom is 0.414 e. The molecule has 5 nitrogen and oxygen atoms in total. The molecule has 2 fully saturated rings. The van der Waals surface area contributed by atoms with Gasteiger partial charge in [0.2, 0.25) is 0 Å². The number of benzene rings is 1. The van der Waals surface area contributed by atoms with E-state index in [4.69, 9.17) is 9.84 Å². The summed E-state index contributed by atoms with van der Waals surface area (Å²) >= 11 is 0. The molecule has 20 heavy (non-hydrogen) atoms. The van der Waals surface area contributed by atoms with Crippen molar-refractivity contribution in [2.24, 2.45) is 0 Å². The predicted octanol–water partition coefficient (Wildman–Crippen LogP) is 1.74. The van der Waals surface area contributed by atoms with E-state index in [0.717, 1.165) is 25.9 Å². The minimum Gasteiger partial charge on any atom is -0.441 e. The number of ether oxygens (including phenoxy) is 1. The molecule has 0 radical (unpaired) electrons. The number of carbonyl (C=O) groups is 1. The van der Waals surface area contributed by atoms with E-state index in [1.54, 1.807) is 12.1 Å². The number of anilines is 2. The number of hydrogen-bond acceptors (Lipinski definition) is 4. The number of aliphatic hydroxyl groups is 1. The van der Waals surface area contributed by atoms with Gasteiger partial charge in [0, 0.05) is 13.1 Å². The third-order valence-electron chi connectivity index (χ3n) is 3.77. The average Bonchev–Trinajstić information content (AvgIpc) is 3.07. The monoisotopic (exact) mass is 280 g/mol. The second kappa shape index (κ2) is 5.28. The summed E-state index contributed by atoms with van der Waals surface area (Å²) in [5.74, 6) is -0.329. The van der Waals surface area contributed by atoms with Crippen LogP contribution in [0.5, 0.6) is 0 Å². The van der Waals surface area contributed by atoms with E-state index in [2.05, 4.69) is 0 Å². The van der Waals surface area contributed by atoms with Crippen LogP contribution in [0.2, 0.25) is 0 Å². The van der Waals surface area contributed by atoms with Gasteiger partial charge in [-0.25, -0.2) is 9.18 Å². The molecule has 1 atom stereocenters. The van der Waals surface area contributed by atoms with Crippen molar-refractivity contribution in [2.75, 3.05) is 36.0 Å². The quantitative estimate of drug-likeness (QED) is 0.916. The van der Waals surface area contributed by atoms with Crippen molar-refractivity contribution in [3.8, 4) is 0 Å². The number of carbonyl (C=O) groups excluding carboxylic acids is 1. The van der Waals surface area contributed by atoms with Crippen LogP contribution >= 0.6 is 0 Å². The zero-order chi connectivity index (χ0) is 14.1. The fourth-order valence-electron chi connectivity index (χ4n) is 2.71. The number of hydrogen-bond donors (Lipinski definition) is 1. The van der Waals surface area contributed by atoms with E-state index in [1.165, 1.54) is 11.0 Å². The first-order valence-electron chi connectivity index (χ1n) is 6.82. The summed E-state index contributed by atoms with van der Waals surface area (Å²) in [6.07, 6.45) is 1.08. The van der Waals surface area contributed by atoms with E-state index in [0.29, 0.717) is 11.4 Å². The highest BCUT2D eigenvalue weighted by Gasteiger charge is 2.32. The zero-order valence-corrected chi connectivity index (χ0v) is 11.1. The van der Waals surface area contributed by atoms with E-state index in [1.807, 2.05) is 4.90 Å². The van der Waals surface area contributed by atoms with Crippen LogP contribution in [0.3, 0.4) is 0 Å². The molecule has 3 rings (SSSR count). The number of rotatable bonds is 3. The topological polar surface area (TPSA) is 53.0 Å². The Hall–Kier alpha value is -1.82. The summed E-state index contributed by atoms with van der Waals surface area (Å²) in [5.41, 5.74) is 1.05. The van der Waals surface area contributed by atoms with Crippen molar-refractivity contribution < 1.29 is 19.0 Å². The molecule has 1 N–H and O–H groups in total. The summed E-state index contributed by atoms with van der Waals surface area (Å²) in [6.45, 7) is 1.76. The Kier molecular flexibility index (Phi) is 3.48. The van der Waals surface area contributed by atoms with Gasteiger partial charge in [0.05, 0.1) is 24.5 Å². The molecule has 2 aliphatic rings. The molecule has 0 aromatic heterocycles. The summed E-state index contributed by atoms with van der Waals surface area (Å²) in [6, 6.07) is 4.78. The largest absolute Gasteiger partial charge is 0.441 e. The van der Waals surface area contributed by atoms with Crippen molar-refractivity contribution in [1.29, 1.82) is 0 Å². The summed E-state index contributed by atoms with van der Waals surface area (Å²) in [5, 5.41) is 9.01. The van der Waals surface area contributed by atoms with Crippen LogP contribution in [0.1, 0.15) is 12.8 Å². The Morgan fingerprint density at radius 3 is 2.70 bits per heavy atom. The number of halogens is 1. The van der Waals surface area contributed by atoms with E-state index >= 15 is 0 Å². The van der Waals surface area contributed by atoms with Gasteiger partial charge in [0.25, 0.3) is 0 Å². The lowest BCUT2D eigenvalue weighted by Gasteiger charge is -2.20. The molecule has 1 aromatic rings. The lowest BCUT2D eigenvalue weighted by atomic mass is 10.2. The van der Waals surface area contributed by atoms with Gasteiger partial charge in [0.1, 0.15) is 11.9 Å². The Bertz CT molecular complexity index is 517. The summed E-state index contributed by atoms with van der Waals surface area (Å²) < 4.78 is 19.1. The second-order valence-corrected chi connectivity index (χ2v) is 5.13. The first-order chi connectivity index (χ1) is 9.69. The fourth-order valence-corrected chi connectivity index (χ4v) is 2.71. The Morgan fingerprint density at radius 1 is 1.35 bits per heavy atom. The van der Waals surface area contributed by atoms with E-state index in [9.17, 15) is 9.18 Å². The maximum absolute atomic E-state index is 14.2. The van der Waals surface area contributed by atoms with Gasteiger partial charge < -0.3 is 14.7 Å². The standard InChI is InChI=1S/C14H17FN2O3/c15-12-7-10(17-8-11(9-18)20-14(17)19)3-4-13(12)16-5-1-2-6-16/h3-4,7,11,18H,1-2,5-6,8-9H2/t11-/m1/s1. The summed E-state index contributed by atoms with van der Waals surface area (Å²) in [4.78, 5) is 15.0. The van der Waals surface area contributed by atoms with Gasteiger partial charge in [-0.1, -0.05) is 0 Å². The highest BCUT2D eigenvalue weighted by molar-refractivity contribution is 5.90. The SMILES string of the molecule is O=C1O[C@@H](CO)CN1c1ccc(N2CCCC2)c(F)c1. The second-order valence-electron chi connectivity index (χ2n) is 5.13. The van der Waals surface area contributed by atoms with E-state index in [-0.39, 0.29) is 19.0 Å². The molecule has 6 heteroatoms. The number of nitrogens with zero attached hydrogens (tertiary/aromatic N) is 2. The van der Waals surface area contributed by atoms with Crippen LogP contribution in [0, 0.1) is 5.82 Å². The third-order valence-corrected chi connectivity index (χ3v) is 3.77. The van der Waals surface area contributed by atoms with Crippen LogP contribution in [-0.2, 0) is 4.74 Å². The van der Waals surface area contributed by atoms with Crippen LogP contribution < -0.4 is 9.80 Å². The molecular formula is C14H17FN2O3. The molecular weight excluding hydrogens is 263 g/mol. The molecule has 2 aliphatic heterocycles. The van der Waals surface area contributed by atoms with Gasteiger partial charge >= 0.3 is 6.09 Å². The van der Waals surface area contributed by atoms with E-state index < -0.39 is 12.2 Å². The van der Waals surface area contributed by atoms with Crippen LogP contribution in [0.4, 0.5) is 20.6 Å². The molecule has 1 amide bonds. The lowest BCUT2D eigenvalue weighted by Crippen LogP contribution is -2.26. The average molecular weight is 280 g/mol. The highest BCUT2D eigenvalue weighted by atomic mass is 19.1.